The number of nitrogens with two attached hydrogens (primary N) is 1. The lowest BCUT2D eigenvalue weighted by atomic mass is 9.83. The zero-order valence-corrected chi connectivity index (χ0v) is 11.5. The molecule has 0 saturated carbocycles. The summed E-state index contributed by atoms with van der Waals surface area (Å²) < 4.78 is 0. The maximum atomic E-state index is 12.4. The van der Waals surface area contributed by atoms with E-state index in [9.17, 15) is 9.59 Å². The lowest BCUT2D eigenvalue weighted by Crippen LogP contribution is -2.37. The molecule has 1 unspecified atom stereocenters. The molecule has 1 aliphatic rings. The van der Waals surface area contributed by atoms with Gasteiger partial charge >= 0.3 is 6.03 Å². The monoisotopic (exact) mass is 276 g/mol. The topological polar surface area (TPSA) is 96.2 Å². The number of carbonyl (C=O) groups excluding carboxylic acids is 2. The molecule has 6 heteroatoms. The van der Waals surface area contributed by atoms with Crippen LogP contribution in [0.15, 0.2) is 24.3 Å². The normalized spacial score (nSPS) is 21.4. The summed E-state index contributed by atoms with van der Waals surface area (Å²) in [5, 5.41) is 8.65. The second kappa shape index (κ2) is 5.92. The van der Waals surface area contributed by atoms with Crippen molar-refractivity contribution in [3.8, 4) is 0 Å². The minimum Gasteiger partial charge on any atom is -0.351 e. The molecule has 1 saturated heterocycles. The first-order valence-corrected chi connectivity index (χ1v) is 6.74. The van der Waals surface area contributed by atoms with E-state index >= 15 is 0 Å². The van der Waals surface area contributed by atoms with Gasteiger partial charge in [-0.3, -0.25) is 4.79 Å². The quantitative estimate of drug-likeness (QED) is 0.671. The maximum Gasteiger partial charge on any atom is 0.316 e. The number of hydrogen-bond donors (Lipinski definition) is 4. The number of benzene rings is 1. The first-order valence-electron chi connectivity index (χ1n) is 6.74. The van der Waals surface area contributed by atoms with Gasteiger partial charge in [0.25, 0.3) is 0 Å². The van der Waals surface area contributed by atoms with Gasteiger partial charge in [-0.25, -0.2) is 4.79 Å². The van der Waals surface area contributed by atoms with Gasteiger partial charge in [-0.2, -0.15) is 0 Å². The summed E-state index contributed by atoms with van der Waals surface area (Å²) in [6.45, 7) is 3.63. The highest BCUT2D eigenvalue weighted by molar-refractivity contribution is 5.96. The van der Waals surface area contributed by atoms with Gasteiger partial charge in [0, 0.05) is 17.9 Å². The SMILES string of the molecule is CCC1(C(=O)Nc2ccc(NC(N)=O)cc2)CCNC1. The number of rotatable bonds is 4. The van der Waals surface area contributed by atoms with E-state index in [4.69, 9.17) is 5.73 Å². The molecule has 0 aromatic heterocycles. The van der Waals surface area contributed by atoms with Crippen molar-refractivity contribution in [2.45, 2.75) is 19.8 Å². The molecule has 20 heavy (non-hydrogen) atoms. The summed E-state index contributed by atoms with van der Waals surface area (Å²) in [4.78, 5) is 23.1. The summed E-state index contributed by atoms with van der Waals surface area (Å²) in [5.74, 6) is 0.0422. The van der Waals surface area contributed by atoms with Crippen LogP contribution in [0.3, 0.4) is 0 Å². The van der Waals surface area contributed by atoms with Crippen molar-refractivity contribution in [3.63, 3.8) is 0 Å². The Morgan fingerprint density at radius 3 is 2.30 bits per heavy atom. The van der Waals surface area contributed by atoms with Crippen LogP contribution in [-0.2, 0) is 4.79 Å². The number of carbonyl (C=O) groups is 2. The van der Waals surface area contributed by atoms with Crippen molar-refractivity contribution >= 4 is 23.3 Å². The number of hydrogen-bond acceptors (Lipinski definition) is 3. The van der Waals surface area contributed by atoms with Crippen LogP contribution in [0.1, 0.15) is 19.8 Å². The number of urea groups is 1. The molecule has 1 fully saturated rings. The first-order chi connectivity index (χ1) is 9.55. The Morgan fingerprint density at radius 2 is 1.85 bits per heavy atom. The summed E-state index contributed by atoms with van der Waals surface area (Å²) in [7, 11) is 0. The van der Waals surface area contributed by atoms with E-state index in [0.29, 0.717) is 11.4 Å². The standard InChI is InChI=1S/C14H20N4O2/c1-2-14(7-8-16-9-14)12(19)17-10-3-5-11(6-4-10)18-13(15)20/h3-6,16H,2,7-9H2,1H3,(H,17,19)(H3,15,18,20). The number of amides is 3. The number of primary amides is 1. The average molecular weight is 276 g/mol. The minimum atomic E-state index is -0.608. The van der Waals surface area contributed by atoms with E-state index in [1.54, 1.807) is 24.3 Å². The predicted octanol–water partition coefficient (Wildman–Crippen LogP) is 1.51. The third-order valence-corrected chi connectivity index (χ3v) is 3.81. The van der Waals surface area contributed by atoms with E-state index < -0.39 is 6.03 Å². The summed E-state index contributed by atoms with van der Waals surface area (Å²) in [5.41, 5.74) is 6.03. The molecule has 1 aromatic rings. The molecule has 0 bridgehead atoms. The van der Waals surface area contributed by atoms with E-state index in [0.717, 1.165) is 25.9 Å². The van der Waals surface area contributed by atoms with Crippen LogP contribution in [0.25, 0.3) is 0 Å². The van der Waals surface area contributed by atoms with Crippen LogP contribution in [-0.4, -0.2) is 25.0 Å². The second-order valence-electron chi connectivity index (χ2n) is 5.08. The van der Waals surface area contributed by atoms with Crippen molar-refractivity contribution in [2.24, 2.45) is 11.1 Å². The van der Waals surface area contributed by atoms with Gasteiger partial charge in [0.2, 0.25) is 5.91 Å². The lowest BCUT2D eigenvalue weighted by molar-refractivity contribution is -0.124. The first kappa shape index (κ1) is 14.3. The Morgan fingerprint density at radius 1 is 1.25 bits per heavy atom. The molecule has 0 radical (unpaired) electrons. The maximum absolute atomic E-state index is 12.4. The smallest absolute Gasteiger partial charge is 0.316 e. The van der Waals surface area contributed by atoms with Crippen molar-refractivity contribution in [1.29, 1.82) is 0 Å². The summed E-state index contributed by atoms with van der Waals surface area (Å²) >= 11 is 0. The number of nitrogens with one attached hydrogen (secondary N) is 3. The Labute approximate surface area is 118 Å². The molecule has 1 heterocycles. The van der Waals surface area contributed by atoms with Crippen LogP contribution < -0.4 is 21.7 Å². The summed E-state index contributed by atoms with van der Waals surface area (Å²) in [6, 6.07) is 6.28. The number of anilines is 2. The average Bonchev–Trinajstić information content (AvgIpc) is 2.90. The van der Waals surface area contributed by atoms with Crippen LogP contribution >= 0.6 is 0 Å². The van der Waals surface area contributed by atoms with Gasteiger partial charge in [-0.1, -0.05) is 6.92 Å². The van der Waals surface area contributed by atoms with Crippen molar-refractivity contribution < 1.29 is 9.59 Å². The molecule has 108 valence electrons. The fourth-order valence-corrected chi connectivity index (χ4v) is 2.44. The predicted molar refractivity (Wildman–Crippen MR) is 78.5 cm³/mol. The Balaban J connectivity index is 2.02. The highest BCUT2D eigenvalue weighted by Crippen LogP contribution is 2.31. The zero-order chi connectivity index (χ0) is 14.6. The van der Waals surface area contributed by atoms with Crippen molar-refractivity contribution in [1.82, 2.24) is 5.32 Å². The van der Waals surface area contributed by atoms with Crippen LogP contribution in [0.4, 0.5) is 16.2 Å². The van der Waals surface area contributed by atoms with E-state index in [1.807, 2.05) is 6.92 Å². The largest absolute Gasteiger partial charge is 0.351 e. The molecule has 1 atom stereocenters. The molecule has 6 nitrogen and oxygen atoms in total. The Bertz CT molecular complexity index is 492. The van der Waals surface area contributed by atoms with Crippen LogP contribution in [0, 0.1) is 5.41 Å². The molecule has 3 amide bonds. The van der Waals surface area contributed by atoms with Crippen LogP contribution in [0.5, 0.6) is 0 Å². The highest BCUT2D eigenvalue weighted by atomic mass is 16.2. The Kier molecular flexibility index (Phi) is 4.24. The second-order valence-corrected chi connectivity index (χ2v) is 5.08. The van der Waals surface area contributed by atoms with Gasteiger partial charge < -0.3 is 21.7 Å². The molecule has 0 aliphatic carbocycles. The van der Waals surface area contributed by atoms with E-state index in [2.05, 4.69) is 16.0 Å². The van der Waals surface area contributed by atoms with Gasteiger partial charge in [-0.05, 0) is 43.7 Å². The van der Waals surface area contributed by atoms with Gasteiger partial charge in [0.1, 0.15) is 0 Å². The highest BCUT2D eigenvalue weighted by Gasteiger charge is 2.39. The molecule has 1 aromatic carbocycles. The third kappa shape index (κ3) is 3.08. The molecule has 2 rings (SSSR count). The summed E-state index contributed by atoms with van der Waals surface area (Å²) in [6.07, 6.45) is 1.67. The molecular formula is C14H20N4O2. The van der Waals surface area contributed by atoms with Gasteiger partial charge in [0.15, 0.2) is 0 Å². The van der Waals surface area contributed by atoms with Gasteiger partial charge in [0.05, 0.1) is 5.41 Å². The lowest BCUT2D eigenvalue weighted by Gasteiger charge is -2.25. The van der Waals surface area contributed by atoms with Crippen LogP contribution in [0.2, 0.25) is 0 Å². The minimum absolute atomic E-state index is 0.0422. The van der Waals surface area contributed by atoms with E-state index in [1.165, 1.54) is 0 Å². The zero-order valence-electron chi connectivity index (χ0n) is 11.5. The third-order valence-electron chi connectivity index (χ3n) is 3.81. The fourth-order valence-electron chi connectivity index (χ4n) is 2.44. The van der Waals surface area contributed by atoms with Gasteiger partial charge in [-0.15, -0.1) is 0 Å². The Hall–Kier alpha value is -2.08. The molecule has 0 spiro atoms. The molecule has 1 aliphatic heterocycles. The van der Waals surface area contributed by atoms with Crippen molar-refractivity contribution in [3.05, 3.63) is 24.3 Å². The fraction of sp³-hybridized carbons (Fsp3) is 0.429. The van der Waals surface area contributed by atoms with Crippen molar-refractivity contribution in [2.75, 3.05) is 23.7 Å². The van der Waals surface area contributed by atoms with E-state index in [-0.39, 0.29) is 11.3 Å². The molecule has 5 N–H and O–H groups in total. The molecular weight excluding hydrogens is 256 g/mol.